The Morgan fingerprint density at radius 1 is 1.28 bits per heavy atom. The van der Waals surface area contributed by atoms with Crippen molar-refractivity contribution in [1.82, 2.24) is 4.98 Å². The number of benzene rings is 1. The smallest absolute Gasteiger partial charge is 0.229 e. The summed E-state index contributed by atoms with van der Waals surface area (Å²) in [6.45, 7) is 0. The quantitative estimate of drug-likeness (QED) is 0.916. The van der Waals surface area contributed by atoms with Crippen LogP contribution in [-0.4, -0.2) is 16.0 Å². The van der Waals surface area contributed by atoms with Crippen LogP contribution < -0.4 is 5.32 Å². The lowest BCUT2D eigenvalue weighted by Gasteiger charge is -2.04. The van der Waals surface area contributed by atoms with Gasteiger partial charge in [-0.3, -0.25) is 4.79 Å². The highest BCUT2D eigenvalue weighted by Crippen LogP contribution is 2.14. The molecule has 0 saturated heterocycles. The minimum Gasteiger partial charge on any atom is -0.508 e. The Hall–Kier alpha value is -1.88. The molecule has 0 fully saturated rings. The Kier molecular flexibility index (Phi) is 3.94. The lowest BCUT2D eigenvalue weighted by Crippen LogP contribution is -2.15. The standard InChI is InChI=1S/C13H11BrN2O2/c14-10-5-6-15-12(8-10)16-13(18)7-9-1-3-11(17)4-2-9/h1-6,8,17H,7H2,(H,15,16,18). The fourth-order valence-corrected chi connectivity index (χ4v) is 1.79. The Morgan fingerprint density at radius 3 is 2.67 bits per heavy atom. The van der Waals surface area contributed by atoms with E-state index in [9.17, 15) is 4.79 Å². The number of halogens is 1. The molecule has 0 atom stereocenters. The molecule has 0 aliphatic heterocycles. The molecule has 0 spiro atoms. The van der Waals surface area contributed by atoms with Crippen molar-refractivity contribution in [3.05, 3.63) is 52.6 Å². The van der Waals surface area contributed by atoms with E-state index in [0.717, 1.165) is 10.0 Å². The molecular weight excluding hydrogens is 296 g/mol. The first-order chi connectivity index (χ1) is 8.63. The zero-order chi connectivity index (χ0) is 13.0. The molecule has 92 valence electrons. The summed E-state index contributed by atoms with van der Waals surface area (Å²) in [6.07, 6.45) is 1.86. The van der Waals surface area contributed by atoms with Gasteiger partial charge in [0, 0.05) is 10.7 Å². The SMILES string of the molecule is O=C(Cc1ccc(O)cc1)Nc1cc(Br)ccn1. The fourth-order valence-electron chi connectivity index (χ4n) is 1.46. The van der Waals surface area contributed by atoms with Crippen LogP contribution in [0.15, 0.2) is 47.1 Å². The van der Waals surface area contributed by atoms with Gasteiger partial charge in [0.1, 0.15) is 11.6 Å². The molecule has 1 amide bonds. The first-order valence-electron chi connectivity index (χ1n) is 5.33. The summed E-state index contributed by atoms with van der Waals surface area (Å²) in [5, 5.41) is 11.8. The van der Waals surface area contributed by atoms with Crippen molar-refractivity contribution >= 4 is 27.7 Å². The third-order valence-electron chi connectivity index (χ3n) is 2.29. The minimum absolute atomic E-state index is 0.147. The number of nitrogens with zero attached hydrogens (tertiary/aromatic N) is 1. The number of aromatic hydroxyl groups is 1. The number of phenolic OH excluding ortho intramolecular Hbond substituents is 1. The number of carbonyl (C=O) groups is 1. The van der Waals surface area contributed by atoms with Crippen LogP contribution >= 0.6 is 15.9 Å². The van der Waals surface area contributed by atoms with E-state index < -0.39 is 0 Å². The minimum atomic E-state index is -0.147. The maximum absolute atomic E-state index is 11.7. The van der Waals surface area contributed by atoms with Gasteiger partial charge in [-0.2, -0.15) is 0 Å². The summed E-state index contributed by atoms with van der Waals surface area (Å²) in [4.78, 5) is 15.8. The Labute approximate surface area is 113 Å². The number of pyridine rings is 1. The summed E-state index contributed by atoms with van der Waals surface area (Å²) in [5.74, 6) is 0.548. The average molecular weight is 307 g/mol. The third kappa shape index (κ3) is 3.56. The molecular formula is C13H11BrN2O2. The van der Waals surface area contributed by atoms with Crippen molar-refractivity contribution in [3.63, 3.8) is 0 Å². The normalized spacial score (nSPS) is 10.1. The molecule has 5 heteroatoms. The topological polar surface area (TPSA) is 62.2 Å². The number of rotatable bonds is 3. The van der Waals surface area contributed by atoms with Gasteiger partial charge in [-0.25, -0.2) is 4.98 Å². The predicted octanol–water partition coefficient (Wildman–Crippen LogP) is 2.73. The lowest BCUT2D eigenvalue weighted by atomic mass is 10.1. The van der Waals surface area contributed by atoms with Gasteiger partial charge in [0.05, 0.1) is 6.42 Å². The summed E-state index contributed by atoms with van der Waals surface area (Å²) in [7, 11) is 0. The molecule has 0 radical (unpaired) electrons. The Bertz CT molecular complexity index is 555. The number of anilines is 1. The van der Waals surface area contributed by atoms with Crippen molar-refractivity contribution in [2.75, 3.05) is 5.32 Å². The highest BCUT2D eigenvalue weighted by atomic mass is 79.9. The Balaban J connectivity index is 1.98. The van der Waals surface area contributed by atoms with Gasteiger partial charge in [-0.05, 0) is 29.8 Å². The molecule has 2 rings (SSSR count). The average Bonchev–Trinajstić information content (AvgIpc) is 2.32. The van der Waals surface area contributed by atoms with Gasteiger partial charge in [0.25, 0.3) is 0 Å². The molecule has 1 heterocycles. The van der Waals surface area contributed by atoms with Crippen LogP contribution in [0.3, 0.4) is 0 Å². The second-order valence-corrected chi connectivity index (χ2v) is 4.67. The van der Waals surface area contributed by atoms with E-state index in [1.54, 1.807) is 42.6 Å². The highest BCUT2D eigenvalue weighted by Gasteiger charge is 2.05. The molecule has 2 aromatic rings. The van der Waals surface area contributed by atoms with E-state index >= 15 is 0 Å². The van der Waals surface area contributed by atoms with Gasteiger partial charge in [0.15, 0.2) is 0 Å². The molecule has 1 aromatic heterocycles. The van der Waals surface area contributed by atoms with E-state index in [1.807, 2.05) is 0 Å². The van der Waals surface area contributed by atoms with E-state index in [4.69, 9.17) is 5.11 Å². The second-order valence-electron chi connectivity index (χ2n) is 3.75. The monoisotopic (exact) mass is 306 g/mol. The van der Waals surface area contributed by atoms with E-state index in [1.165, 1.54) is 0 Å². The van der Waals surface area contributed by atoms with Crippen LogP contribution in [0, 0.1) is 0 Å². The van der Waals surface area contributed by atoms with Gasteiger partial charge in [-0.1, -0.05) is 28.1 Å². The highest BCUT2D eigenvalue weighted by molar-refractivity contribution is 9.10. The van der Waals surface area contributed by atoms with Gasteiger partial charge < -0.3 is 10.4 Å². The lowest BCUT2D eigenvalue weighted by molar-refractivity contribution is -0.115. The van der Waals surface area contributed by atoms with Crippen molar-refractivity contribution in [3.8, 4) is 5.75 Å². The number of amides is 1. The van der Waals surface area contributed by atoms with Crippen molar-refractivity contribution in [2.24, 2.45) is 0 Å². The largest absolute Gasteiger partial charge is 0.508 e. The van der Waals surface area contributed by atoms with E-state index in [2.05, 4.69) is 26.2 Å². The molecule has 0 saturated carbocycles. The summed E-state index contributed by atoms with van der Waals surface area (Å²) >= 11 is 3.31. The zero-order valence-corrected chi connectivity index (χ0v) is 11.0. The van der Waals surface area contributed by atoms with Gasteiger partial charge in [-0.15, -0.1) is 0 Å². The van der Waals surface area contributed by atoms with Crippen LogP contribution in [0.2, 0.25) is 0 Å². The Morgan fingerprint density at radius 2 is 2.00 bits per heavy atom. The second kappa shape index (κ2) is 5.64. The maximum Gasteiger partial charge on any atom is 0.229 e. The molecule has 4 nitrogen and oxygen atoms in total. The maximum atomic E-state index is 11.7. The number of carbonyl (C=O) groups excluding carboxylic acids is 1. The molecule has 2 N–H and O–H groups in total. The van der Waals surface area contributed by atoms with Crippen molar-refractivity contribution < 1.29 is 9.90 Å². The summed E-state index contributed by atoms with van der Waals surface area (Å²) in [6, 6.07) is 10.1. The fraction of sp³-hybridized carbons (Fsp3) is 0.0769. The van der Waals surface area contributed by atoms with Crippen LogP contribution in [-0.2, 0) is 11.2 Å². The first kappa shape index (κ1) is 12.6. The number of hydrogen-bond donors (Lipinski definition) is 2. The molecule has 0 bridgehead atoms. The summed E-state index contributed by atoms with van der Waals surface area (Å²) < 4.78 is 0.859. The molecule has 0 aliphatic rings. The van der Waals surface area contributed by atoms with E-state index in [0.29, 0.717) is 5.82 Å². The van der Waals surface area contributed by atoms with Gasteiger partial charge >= 0.3 is 0 Å². The zero-order valence-electron chi connectivity index (χ0n) is 9.43. The van der Waals surface area contributed by atoms with E-state index in [-0.39, 0.29) is 18.1 Å². The number of hydrogen-bond acceptors (Lipinski definition) is 3. The molecule has 18 heavy (non-hydrogen) atoms. The van der Waals surface area contributed by atoms with Crippen LogP contribution in [0.25, 0.3) is 0 Å². The first-order valence-corrected chi connectivity index (χ1v) is 6.12. The number of phenols is 1. The van der Waals surface area contributed by atoms with Crippen LogP contribution in [0.5, 0.6) is 5.75 Å². The number of aromatic nitrogens is 1. The third-order valence-corrected chi connectivity index (χ3v) is 2.78. The van der Waals surface area contributed by atoms with Crippen molar-refractivity contribution in [1.29, 1.82) is 0 Å². The molecule has 0 aliphatic carbocycles. The molecule has 1 aromatic carbocycles. The van der Waals surface area contributed by atoms with Crippen LogP contribution in [0.1, 0.15) is 5.56 Å². The van der Waals surface area contributed by atoms with Crippen molar-refractivity contribution in [2.45, 2.75) is 6.42 Å². The number of nitrogens with one attached hydrogen (secondary N) is 1. The summed E-state index contributed by atoms with van der Waals surface area (Å²) in [5.41, 5.74) is 0.834. The molecule has 0 unspecified atom stereocenters. The predicted molar refractivity (Wildman–Crippen MR) is 72.4 cm³/mol. The van der Waals surface area contributed by atoms with Crippen LogP contribution in [0.4, 0.5) is 5.82 Å². The van der Waals surface area contributed by atoms with Gasteiger partial charge in [0.2, 0.25) is 5.91 Å².